The standard InChI is InChI=1S/C25H31ClN6O2S/c1-16-7-3-5-11-30(16)22(33)14-18-9-10-19(13-20(18)26)24-29-32-21(27-28-25(32)35-24)15-23(34)31-12-6-4-8-17(31)2/h9-10,13,16-17H,3-8,11-12,14-15H2,1-2H3. The smallest absolute Gasteiger partial charge is 0.234 e. The molecule has 2 amide bonds. The van der Waals surface area contributed by atoms with Crippen LogP contribution < -0.4 is 0 Å². The third kappa shape index (κ3) is 5.07. The van der Waals surface area contributed by atoms with E-state index in [-0.39, 0.29) is 30.3 Å². The van der Waals surface area contributed by atoms with Crippen molar-refractivity contribution in [1.29, 1.82) is 0 Å². The molecule has 2 aromatic heterocycles. The van der Waals surface area contributed by atoms with Crippen molar-refractivity contribution in [2.24, 2.45) is 0 Å². The van der Waals surface area contributed by atoms with Crippen LogP contribution in [0.4, 0.5) is 0 Å². The predicted molar refractivity (Wildman–Crippen MR) is 137 cm³/mol. The lowest BCUT2D eigenvalue weighted by Gasteiger charge is -2.33. The van der Waals surface area contributed by atoms with Crippen LogP contribution in [0.5, 0.6) is 0 Å². The van der Waals surface area contributed by atoms with Gasteiger partial charge in [0.05, 0.1) is 12.8 Å². The van der Waals surface area contributed by atoms with Gasteiger partial charge in [-0.25, -0.2) is 0 Å². The van der Waals surface area contributed by atoms with Crippen LogP contribution in [0.2, 0.25) is 5.02 Å². The van der Waals surface area contributed by atoms with Crippen LogP contribution in [0, 0.1) is 0 Å². The lowest BCUT2D eigenvalue weighted by atomic mass is 10.0. The second-order valence-corrected chi connectivity index (χ2v) is 11.1. The molecule has 2 atom stereocenters. The Morgan fingerprint density at radius 2 is 1.63 bits per heavy atom. The maximum absolute atomic E-state index is 12.9. The minimum Gasteiger partial charge on any atom is -0.340 e. The fourth-order valence-electron chi connectivity index (χ4n) is 5.15. The van der Waals surface area contributed by atoms with Gasteiger partial charge in [0.15, 0.2) is 5.82 Å². The highest BCUT2D eigenvalue weighted by Crippen LogP contribution is 2.30. The highest BCUT2D eigenvalue weighted by atomic mass is 35.5. The number of fused-ring (bicyclic) bond motifs is 1. The fraction of sp³-hybridized carbons (Fsp3) is 0.560. The first-order valence-electron chi connectivity index (χ1n) is 12.5. The van der Waals surface area contributed by atoms with Gasteiger partial charge in [0.2, 0.25) is 16.8 Å². The van der Waals surface area contributed by atoms with E-state index in [1.54, 1.807) is 4.52 Å². The van der Waals surface area contributed by atoms with Crippen LogP contribution in [-0.2, 0) is 22.4 Å². The van der Waals surface area contributed by atoms with Gasteiger partial charge in [-0.1, -0.05) is 35.1 Å². The van der Waals surface area contributed by atoms with E-state index in [2.05, 4.69) is 29.1 Å². The first kappa shape index (κ1) is 24.2. The van der Waals surface area contributed by atoms with Gasteiger partial charge in [0.25, 0.3) is 0 Å². The first-order valence-corrected chi connectivity index (χ1v) is 13.7. The van der Waals surface area contributed by atoms with Gasteiger partial charge in [-0.2, -0.15) is 9.61 Å². The molecule has 0 spiro atoms. The van der Waals surface area contributed by atoms with Crippen LogP contribution in [0.3, 0.4) is 0 Å². The summed E-state index contributed by atoms with van der Waals surface area (Å²) in [5, 5.41) is 14.4. The van der Waals surface area contributed by atoms with Crippen molar-refractivity contribution in [3.05, 3.63) is 34.6 Å². The van der Waals surface area contributed by atoms with Crippen molar-refractivity contribution < 1.29 is 9.59 Å². The zero-order valence-corrected chi connectivity index (χ0v) is 21.8. The fourth-order valence-corrected chi connectivity index (χ4v) is 6.25. The third-order valence-corrected chi connectivity index (χ3v) is 8.55. The Morgan fingerprint density at radius 1 is 0.971 bits per heavy atom. The van der Waals surface area contributed by atoms with Crippen LogP contribution >= 0.6 is 22.9 Å². The number of likely N-dealkylation sites (tertiary alicyclic amines) is 2. The van der Waals surface area contributed by atoms with Gasteiger partial charge >= 0.3 is 0 Å². The van der Waals surface area contributed by atoms with Gasteiger partial charge in [-0.3, -0.25) is 9.59 Å². The van der Waals surface area contributed by atoms with Crippen LogP contribution in [-0.4, -0.2) is 66.6 Å². The summed E-state index contributed by atoms with van der Waals surface area (Å²) in [4.78, 5) is 30.3. The van der Waals surface area contributed by atoms with E-state index in [0.29, 0.717) is 22.2 Å². The molecule has 2 saturated heterocycles. The highest BCUT2D eigenvalue weighted by Gasteiger charge is 2.26. The van der Waals surface area contributed by atoms with E-state index >= 15 is 0 Å². The van der Waals surface area contributed by atoms with Crippen LogP contribution in [0.1, 0.15) is 63.8 Å². The van der Waals surface area contributed by atoms with E-state index in [4.69, 9.17) is 11.6 Å². The Balaban J connectivity index is 1.30. The molecule has 5 rings (SSSR count). The minimum absolute atomic E-state index is 0.0705. The average Bonchev–Trinajstić information content (AvgIpc) is 3.43. The zero-order chi connectivity index (χ0) is 24.5. The van der Waals surface area contributed by atoms with Crippen molar-refractivity contribution in [1.82, 2.24) is 29.6 Å². The molecular weight excluding hydrogens is 484 g/mol. The number of benzene rings is 1. The molecule has 2 unspecified atom stereocenters. The number of nitrogens with zero attached hydrogens (tertiary/aromatic N) is 6. The summed E-state index contributed by atoms with van der Waals surface area (Å²) in [5.41, 5.74) is 1.68. The summed E-state index contributed by atoms with van der Waals surface area (Å²) in [6.07, 6.45) is 7.05. The SMILES string of the molecule is CC1CCCCN1C(=O)Cc1ccc(-c2nn3c(CC(=O)N4CCCCC4C)nnc3s2)cc1Cl. The summed E-state index contributed by atoms with van der Waals surface area (Å²) in [5.74, 6) is 0.748. The molecule has 0 saturated carbocycles. The number of piperidine rings is 2. The van der Waals surface area contributed by atoms with Crippen LogP contribution in [0.25, 0.3) is 15.5 Å². The molecule has 2 aliphatic rings. The maximum Gasteiger partial charge on any atom is 0.234 e. The molecule has 4 heterocycles. The quantitative estimate of drug-likeness (QED) is 0.504. The largest absolute Gasteiger partial charge is 0.340 e. The topological polar surface area (TPSA) is 83.7 Å². The molecule has 10 heteroatoms. The second kappa shape index (κ2) is 10.2. The van der Waals surface area contributed by atoms with E-state index in [1.807, 2.05) is 28.0 Å². The van der Waals surface area contributed by atoms with E-state index in [9.17, 15) is 9.59 Å². The molecule has 0 bridgehead atoms. The van der Waals surface area contributed by atoms with Gasteiger partial charge in [0, 0.05) is 35.8 Å². The number of aromatic nitrogens is 4. The van der Waals surface area contributed by atoms with Gasteiger partial charge < -0.3 is 9.80 Å². The monoisotopic (exact) mass is 514 g/mol. The average molecular weight is 515 g/mol. The summed E-state index contributed by atoms with van der Waals surface area (Å²) in [7, 11) is 0. The molecule has 3 aromatic rings. The summed E-state index contributed by atoms with van der Waals surface area (Å²) >= 11 is 8.00. The Hall–Kier alpha value is -2.52. The molecular formula is C25H31ClN6O2S. The van der Waals surface area contributed by atoms with Crippen molar-refractivity contribution in [3.63, 3.8) is 0 Å². The van der Waals surface area contributed by atoms with Gasteiger partial charge in [-0.15, -0.1) is 10.2 Å². The predicted octanol–water partition coefficient (Wildman–Crippen LogP) is 4.39. The molecule has 0 radical (unpaired) electrons. The summed E-state index contributed by atoms with van der Waals surface area (Å²) < 4.78 is 1.66. The minimum atomic E-state index is 0.0705. The first-order chi connectivity index (χ1) is 16.9. The lowest BCUT2D eigenvalue weighted by Crippen LogP contribution is -2.43. The van der Waals surface area contributed by atoms with Crippen molar-refractivity contribution in [3.8, 4) is 10.6 Å². The van der Waals surface area contributed by atoms with Crippen molar-refractivity contribution >= 4 is 39.7 Å². The zero-order valence-electron chi connectivity index (χ0n) is 20.2. The molecule has 8 nitrogen and oxygen atoms in total. The molecule has 2 fully saturated rings. The van der Waals surface area contributed by atoms with Gasteiger partial charge in [0.1, 0.15) is 5.01 Å². The second-order valence-electron chi connectivity index (χ2n) is 9.74. The Bertz CT molecular complexity index is 1240. The van der Waals surface area contributed by atoms with Gasteiger partial charge in [-0.05, 0) is 64.0 Å². The van der Waals surface area contributed by atoms with E-state index in [0.717, 1.165) is 54.9 Å². The number of hydrogen-bond donors (Lipinski definition) is 0. The summed E-state index contributed by atoms with van der Waals surface area (Å²) in [6.45, 7) is 5.84. The molecule has 1 aromatic carbocycles. The van der Waals surface area contributed by atoms with Crippen LogP contribution in [0.15, 0.2) is 18.2 Å². The maximum atomic E-state index is 12.9. The molecule has 0 N–H and O–H groups in total. The number of rotatable bonds is 5. The number of carbonyl (C=O) groups is 2. The number of hydrogen-bond acceptors (Lipinski definition) is 6. The molecule has 2 aliphatic heterocycles. The number of carbonyl (C=O) groups excluding carboxylic acids is 2. The summed E-state index contributed by atoms with van der Waals surface area (Å²) in [6, 6.07) is 6.26. The number of halogens is 1. The van der Waals surface area contributed by atoms with E-state index in [1.165, 1.54) is 24.2 Å². The Kier molecular flexibility index (Phi) is 7.07. The van der Waals surface area contributed by atoms with E-state index < -0.39 is 0 Å². The van der Waals surface area contributed by atoms with Crippen molar-refractivity contribution in [2.45, 2.75) is 77.3 Å². The number of amides is 2. The normalized spacial score (nSPS) is 21.0. The molecule has 35 heavy (non-hydrogen) atoms. The molecule has 0 aliphatic carbocycles. The van der Waals surface area contributed by atoms with Crippen molar-refractivity contribution in [2.75, 3.05) is 13.1 Å². The lowest BCUT2D eigenvalue weighted by molar-refractivity contribution is -0.134. The Morgan fingerprint density at radius 3 is 2.26 bits per heavy atom. The highest BCUT2D eigenvalue weighted by molar-refractivity contribution is 7.19. The molecule has 186 valence electrons. The third-order valence-electron chi connectivity index (χ3n) is 7.25. The Labute approximate surface area is 214 Å².